The molecule has 0 radical (unpaired) electrons. The Morgan fingerprint density at radius 1 is 1.27 bits per heavy atom. The summed E-state index contributed by atoms with van der Waals surface area (Å²) in [6.45, 7) is 6.75. The summed E-state index contributed by atoms with van der Waals surface area (Å²) in [4.78, 5) is 18.3. The standard InChI is InChI=1S/C16H22N4OS/c1-3-20(4-2)15(13-7-10-22-12-13)11-18-16(21)19-14-5-8-17-9-6-14/h5-10,12,15H,3-4,11H2,1-2H3,(H2,17,18,19,21). The van der Waals surface area contributed by atoms with E-state index in [0.29, 0.717) is 6.54 Å². The first-order valence-electron chi connectivity index (χ1n) is 7.45. The summed E-state index contributed by atoms with van der Waals surface area (Å²) >= 11 is 1.68. The van der Waals surface area contributed by atoms with Crippen molar-refractivity contribution in [3.63, 3.8) is 0 Å². The van der Waals surface area contributed by atoms with Crippen molar-refractivity contribution >= 4 is 23.1 Å². The molecule has 0 aliphatic rings. The number of anilines is 1. The highest BCUT2D eigenvalue weighted by Gasteiger charge is 2.19. The van der Waals surface area contributed by atoms with Gasteiger partial charge in [0.05, 0.1) is 6.04 Å². The third-order valence-corrected chi connectivity index (χ3v) is 4.28. The Labute approximate surface area is 135 Å². The van der Waals surface area contributed by atoms with Gasteiger partial charge < -0.3 is 10.6 Å². The summed E-state index contributed by atoms with van der Waals surface area (Å²) in [6, 6.07) is 5.65. The van der Waals surface area contributed by atoms with Crippen LogP contribution in [0.3, 0.4) is 0 Å². The maximum absolute atomic E-state index is 12.0. The van der Waals surface area contributed by atoms with E-state index in [4.69, 9.17) is 0 Å². The van der Waals surface area contributed by atoms with Gasteiger partial charge in [0.25, 0.3) is 0 Å². The van der Waals surface area contributed by atoms with Crippen molar-refractivity contribution in [1.82, 2.24) is 15.2 Å². The van der Waals surface area contributed by atoms with Gasteiger partial charge in [-0.05, 0) is 47.6 Å². The summed E-state index contributed by atoms with van der Waals surface area (Å²) in [5.41, 5.74) is 1.99. The highest BCUT2D eigenvalue weighted by atomic mass is 32.1. The number of rotatable bonds is 7. The Morgan fingerprint density at radius 3 is 2.59 bits per heavy atom. The minimum atomic E-state index is -0.196. The molecule has 0 fully saturated rings. The number of amides is 2. The third kappa shape index (κ3) is 4.54. The molecule has 22 heavy (non-hydrogen) atoms. The lowest BCUT2D eigenvalue weighted by atomic mass is 10.1. The molecular weight excluding hydrogens is 296 g/mol. The maximum atomic E-state index is 12.0. The lowest BCUT2D eigenvalue weighted by Gasteiger charge is -2.29. The zero-order chi connectivity index (χ0) is 15.8. The fourth-order valence-corrected chi connectivity index (χ4v) is 3.09. The van der Waals surface area contributed by atoms with Crippen LogP contribution in [0.1, 0.15) is 25.5 Å². The van der Waals surface area contributed by atoms with Gasteiger partial charge in [0, 0.05) is 24.6 Å². The Morgan fingerprint density at radius 2 is 2.00 bits per heavy atom. The van der Waals surface area contributed by atoms with Gasteiger partial charge in [-0.3, -0.25) is 9.88 Å². The molecule has 0 saturated carbocycles. The number of likely N-dealkylation sites (N-methyl/N-ethyl adjacent to an activating group) is 1. The first-order valence-corrected chi connectivity index (χ1v) is 8.39. The molecule has 0 spiro atoms. The highest BCUT2D eigenvalue weighted by molar-refractivity contribution is 7.07. The number of hydrogen-bond donors (Lipinski definition) is 2. The largest absolute Gasteiger partial charge is 0.336 e. The van der Waals surface area contributed by atoms with Crippen LogP contribution in [0.4, 0.5) is 10.5 Å². The second kappa shape index (κ2) is 8.51. The van der Waals surface area contributed by atoms with Crippen molar-refractivity contribution in [2.75, 3.05) is 25.0 Å². The Kier molecular flexibility index (Phi) is 6.36. The zero-order valence-electron chi connectivity index (χ0n) is 13.0. The maximum Gasteiger partial charge on any atom is 0.319 e. The molecule has 1 atom stereocenters. The normalized spacial score (nSPS) is 12.1. The van der Waals surface area contributed by atoms with Gasteiger partial charge in [0.15, 0.2) is 0 Å². The number of carbonyl (C=O) groups is 1. The third-order valence-electron chi connectivity index (χ3n) is 3.58. The molecule has 1 unspecified atom stereocenters. The monoisotopic (exact) mass is 318 g/mol. The van der Waals surface area contributed by atoms with Gasteiger partial charge in [-0.25, -0.2) is 4.79 Å². The van der Waals surface area contributed by atoms with E-state index in [-0.39, 0.29) is 12.1 Å². The molecule has 0 aliphatic carbocycles. The zero-order valence-corrected chi connectivity index (χ0v) is 13.8. The van der Waals surface area contributed by atoms with Crippen LogP contribution in [0, 0.1) is 0 Å². The van der Waals surface area contributed by atoms with Crippen molar-refractivity contribution in [2.24, 2.45) is 0 Å². The number of carbonyl (C=O) groups excluding carboxylic acids is 1. The molecular formula is C16H22N4OS. The lowest BCUT2D eigenvalue weighted by molar-refractivity contribution is 0.210. The lowest BCUT2D eigenvalue weighted by Crippen LogP contribution is -2.39. The van der Waals surface area contributed by atoms with Gasteiger partial charge in [0.1, 0.15) is 0 Å². The second-order valence-corrected chi connectivity index (χ2v) is 5.64. The topological polar surface area (TPSA) is 57.3 Å². The molecule has 2 rings (SSSR count). The van der Waals surface area contributed by atoms with Crippen molar-refractivity contribution < 1.29 is 4.79 Å². The summed E-state index contributed by atoms with van der Waals surface area (Å²) in [6.07, 6.45) is 3.30. The quantitative estimate of drug-likeness (QED) is 0.823. The molecule has 0 aliphatic heterocycles. The van der Waals surface area contributed by atoms with Crippen LogP contribution in [0.15, 0.2) is 41.4 Å². The number of pyridine rings is 1. The summed E-state index contributed by atoms with van der Waals surface area (Å²) < 4.78 is 0. The van der Waals surface area contributed by atoms with Crippen LogP contribution in [0.2, 0.25) is 0 Å². The van der Waals surface area contributed by atoms with Crippen LogP contribution < -0.4 is 10.6 Å². The molecule has 0 saturated heterocycles. The van der Waals surface area contributed by atoms with E-state index in [0.717, 1.165) is 18.8 Å². The number of nitrogens with one attached hydrogen (secondary N) is 2. The molecule has 2 amide bonds. The van der Waals surface area contributed by atoms with E-state index < -0.39 is 0 Å². The van der Waals surface area contributed by atoms with Gasteiger partial charge in [-0.2, -0.15) is 11.3 Å². The number of nitrogens with zero attached hydrogens (tertiary/aromatic N) is 2. The minimum Gasteiger partial charge on any atom is -0.336 e. The van der Waals surface area contributed by atoms with E-state index in [1.54, 1.807) is 35.9 Å². The van der Waals surface area contributed by atoms with Crippen molar-refractivity contribution in [3.05, 3.63) is 46.9 Å². The summed E-state index contributed by atoms with van der Waals surface area (Å²) in [7, 11) is 0. The van der Waals surface area contributed by atoms with Crippen molar-refractivity contribution in [1.29, 1.82) is 0 Å². The van der Waals surface area contributed by atoms with Gasteiger partial charge >= 0.3 is 6.03 Å². The van der Waals surface area contributed by atoms with Gasteiger partial charge in [-0.15, -0.1) is 0 Å². The molecule has 6 heteroatoms. The Hall–Kier alpha value is -1.92. The Bertz CT molecular complexity index is 555. The molecule has 0 aromatic carbocycles. The van der Waals surface area contributed by atoms with Gasteiger partial charge in [0.2, 0.25) is 0 Å². The number of hydrogen-bond acceptors (Lipinski definition) is 4. The van der Waals surface area contributed by atoms with Gasteiger partial charge in [-0.1, -0.05) is 13.8 Å². The van der Waals surface area contributed by atoms with E-state index in [1.165, 1.54) is 5.56 Å². The van der Waals surface area contributed by atoms with E-state index in [2.05, 4.69) is 51.2 Å². The van der Waals surface area contributed by atoms with E-state index in [9.17, 15) is 4.79 Å². The van der Waals surface area contributed by atoms with Crippen LogP contribution in [0.25, 0.3) is 0 Å². The average molecular weight is 318 g/mol. The van der Waals surface area contributed by atoms with Crippen molar-refractivity contribution in [2.45, 2.75) is 19.9 Å². The summed E-state index contributed by atoms with van der Waals surface area (Å²) in [5.74, 6) is 0. The van der Waals surface area contributed by atoms with Crippen LogP contribution in [-0.4, -0.2) is 35.5 Å². The van der Waals surface area contributed by atoms with Crippen LogP contribution in [-0.2, 0) is 0 Å². The predicted octanol–water partition coefficient (Wildman–Crippen LogP) is 3.35. The second-order valence-electron chi connectivity index (χ2n) is 4.86. The molecule has 2 aromatic heterocycles. The molecule has 2 N–H and O–H groups in total. The smallest absolute Gasteiger partial charge is 0.319 e. The molecule has 118 valence electrons. The number of urea groups is 1. The first-order chi connectivity index (χ1) is 10.7. The van der Waals surface area contributed by atoms with Crippen LogP contribution in [0.5, 0.6) is 0 Å². The minimum absolute atomic E-state index is 0.196. The molecule has 0 bridgehead atoms. The first kappa shape index (κ1) is 16.5. The SMILES string of the molecule is CCN(CC)C(CNC(=O)Nc1ccncc1)c1ccsc1. The molecule has 2 heterocycles. The average Bonchev–Trinajstić information content (AvgIpc) is 3.06. The van der Waals surface area contributed by atoms with E-state index in [1.807, 2.05) is 0 Å². The highest BCUT2D eigenvalue weighted by Crippen LogP contribution is 2.22. The summed E-state index contributed by atoms with van der Waals surface area (Å²) in [5, 5.41) is 9.99. The molecule has 2 aromatic rings. The molecule has 5 nitrogen and oxygen atoms in total. The fraction of sp³-hybridized carbons (Fsp3) is 0.375. The predicted molar refractivity (Wildman–Crippen MR) is 91.2 cm³/mol. The van der Waals surface area contributed by atoms with E-state index >= 15 is 0 Å². The number of thiophene rings is 1. The number of aromatic nitrogens is 1. The fourth-order valence-electron chi connectivity index (χ4n) is 2.39. The van der Waals surface area contributed by atoms with Crippen molar-refractivity contribution in [3.8, 4) is 0 Å². The Balaban J connectivity index is 1.95. The van der Waals surface area contributed by atoms with Crippen LogP contribution >= 0.6 is 11.3 Å².